The van der Waals surface area contributed by atoms with Gasteiger partial charge in [-0.1, -0.05) is 70.1 Å². The molecule has 258 valence electrons. The molecule has 2 N–H and O–H groups in total. The fourth-order valence-electron chi connectivity index (χ4n) is 8.06. The maximum Gasteiger partial charge on any atom is 0.307 e. The number of nitrogens with zero attached hydrogens (tertiary/aromatic N) is 2. The number of carboxylic acids is 1. The molecule has 4 saturated carbocycles. The number of ketones is 2. The van der Waals surface area contributed by atoms with Crippen LogP contribution in [-0.4, -0.2) is 58.9 Å². The molecule has 4 aliphatic rings. The topological polar surface area (TPSA) is 185 Å². The molecule has 0 amide bonds. The van der Waals surface area contributed by atoms with Gasteiger partial charge in [-0.05, 0) is 63.6 Å². The van der Waals surface area contributed by atoms with Crippen molar-refractivity contribution in [1.82, 2.24) is 5.32 Å². The van der Waals surface area contributed by atoms with Gasteiger partial charge in [0, 0.05) is 35.5 Å². The number of unbranched alkanes of at least 4 members (excludes halogenated alkanes) is 7. The summed E-state index contributed by atoms with van der Waals surface area (Å²) < 4.78 is 26.1. The smallest absolute Gasteiger partial charge is 0.307 e. The summed E-state index contributed by atoms with van der Waals surface area (Å²) in [5.41, 5.74) is -2.11. The van der Waals surface area contributed by atoms with Crippen LogP contribution in [0.5, 0.6) is 0 Å². The van der Waals surface area contributed by atoms with Crippen molar-refractivity contribution in [2.24, 2.45) is 23.7 Å². The van der Waals surface area contributed by atoms with Crippen molar-refractivity contribution in [3.63, 3.8) is 0 Å². The number of nitriles is 1. The van der Waals surface area contributed by atoms with E-state index in [4.69, 9.17) is 5.26 Å². The number of nitro groups is 1. The van der Waals surface area contributed by atoms with E-state index in [1.165, 1.54) is 63.5 Å². The van der Waals surface area contributed by atoms with Gasteiger partial charge in [-0.25, -0.2) is 8.42 Å². The van der Waals surface area contributed by atoms with Crippen LogP contribution in [0.3, 0.4) is 0 Å². The second kappa shape index (κ2) is 15.8. The van der Waals surface area contributed by atoms with Gasteiger partial charge in [0.2, 0.25) is 5.78 Å². The van der Waals surface area contributed by atoms with E-state index in [9.17, 15) is 38.0 Å². The summed E-state index contributed by atoms with van der Waals surface area (Å²) in [5, 5.41) is 33.1. The highest BCUT2D eigenvalue weighted by molar-refractivity contribution is 7.92. The first-order chi connectivity index (χ1) is 22.4. The van der Waals surface area contributed by atoms with Crippen molar-refractivity contribution in [1.29, 1.82) is 5.26 Å². The second-order valence-electron chi connectivity index (χ2n) is 14.0. The molecule has 47 heavy (non-hydrogen) atoms. The fourth-order valence-corrected chi connectivity index (χ4v) is 9.90. The van der Waals surface area contributed by atoms with Crippen LogP contribution in [0.25, 0.3) is 0 Å². The van der Waals surface area contributed by atoms with Crippen molar-refractivity contribution in [2.75, 3.05) is 6.54 Å². The van der Waals surface area contributed by atoms with Gasteiger partial charge in [0.25, 0.3) is 5.54 Å². The molecule has 4 fully saturated rings. The molecule has 0 saturated heterocycles. The van der Waals surface area contributed by atoms with E-state index < -0.39 is 61.0 Å². The van der Waals surface area contributed by atoms with Crippen molar-refractivity contribution in [2.45, 2.75) is 131 Å². The zero-order chi connectivity index (χ0) is 34.2. The Labute approximate surface area is 277 Å². The van der Waals surface area contributed by atoms with Crippen LogP contribution in [0.1, 0.15) is 110 Å². The molecule has 2 bridgehead atoms. The first-order valence-electron chi connectivity index (χ1n) is 17.3. The van der Waals surface area contributed by atoms with E-state index in [1.807, 2.05) is 0 Å². The van der Waals surface area contributed by atoms with Crippen molar-refractivity contribution < 1.29 is 32.8 Å². The van der Waals surface area contributed by atoms with Gasteiger partial charge < -0.3 is 5.11 Å². The predicted octanol–water partition coefficient (Wildman–Crippen LogP) is 5.69. The lowest BCUT2D eigenvalue weighted by Crippen LogP contribution is -2.60. The minimum Gasteiger partial charge on any atom is -0.481 e. The molecule has 0 spiro atoms. The Kier molecular flexibility index (Phi) is 12.3. The zero-order valence-corrected chi connectivity index (χ0v) is 28.2. The molecule has 1 aromatic carbocycles. The number of carbonyl (C=O) groups excluding carboxylic acids is 2. The molecule has 1 aromatic rings. The lowest BCUT2D eigenvalue weighted by molar-refractivity contribution is -0.569. The molecule has 0 radical (unpaired) electrons. The standard InChI is InChI=1S/C21H23NO8S.C14H26N2/c23-14-8-12-6-7-13(9-14)21(12,22(27)28)19(24)17-10-16(11-18(17)20(25)26)31(29,30)15-4-2-1-3-5-15;1-2-3-4-5-6-7-8-9-12-16-14(13-15)10-11-14/h1-5,12-13,16-18H,6-11H2,(H,25,26);16H,2-12H2,1H3/t12-,13+,16-,17-,18-,21?;/m1./s1. The molecule has 4 aliphatic carbocycles. The van der Waals surface area contributed by atoms with Crippen LogP contribution in [0.2, 0.25) is 0 Å². The normalized spacial score (nSPS) is 28.9. The predicted molar refractivity (Wildman–Crippen MR) is 175 cm³/mol. The number of sulfone groups is 1. The van der Waals surface area contributed by atoms with E-state index in [0.717, 1.165) is 19.4 Å². The monoisotopic (exact) mass is 671 g/mol. The number of fused-ring (bicyclic) bond motifs is 2. The Morgan fingerprint density at radius 2 is 1.53 bits per heavy atom. The number of aliphatic carboxylic acids is 1. The summed E-state index contributed by atoms with van der Waals surface area (Å²) >= 11 is 0. The largest absolute Gasteiger partial charge is 0.481 e. The molecule has 12 heteroatoms. The molecule has 11 nitrogen and oxygen atoms in total. The van der Waals surface area contributed by atoms with Crippen molar-refractivity contribution in [3.8, 4) is 6.07 Å². The van der Waals surface area contributed by atoms with Crippen molar-refractivity contribution in [3.05, 3.63) is 40.4 Å². The van der Waals surface area contributed by atoms with E-state index in [-0.39, 0.29) is 41.9 Å². The average Bonchev–Trinajstić information content (AvgIpc) is 3.61. The van der Waals surface area contributed by atoms with Crippen LogP contribution >= 0.6 is 0 Å². The van der Waals surface area contributed by atoms with E-state index in [0.29, 0.717) is 12.8 Å². The summed E-state index contributed by atoms with van der Waals surface area (Å²) in [6.45, 7) is 3.29. The van der Waals surface area contributed by atoms with Crippen LogP contribution in [0.15, 0.2) is 35.2 Å². The van der Waals surface area contributed by atoms with Gasteiger partial charge in [-0.15, -0.1) is 0 Å². The van der Waals surface area contributed by atoms with Gasteiger partial charge in [0.15, 0.2) is 9.84 Å². The number of Topliss-reactive ketones (excluding diaryl/α,β-unsaturated/α-hetero) is 2. The summed E-state index contributed by atoms with van der Waals surface area (Å²) in [6.07, 6.45) is 13.0. The summed E-state index contributed by atoms with van der Waals surface area (Å²) in [5.74, 6) is -6.38. The number of carboxylic acid groups (broad SMARTS) is 1. The highest BCUT2D eigenvalue weighted by Gasteiger charge is 2.70. The van der Waals surface area contributed by atoms with Gasteiger partial charge in [-0.3, -0.25) is 29.8 Å². The minimum absolute atomic E-state index is 0.0320. The van der Waals surface area contributed by atoms with Crippen LogP contribution in [-0.2, 0) is 24.2 Å². The Hall–Kier alpha value is -3.17. The lowest BCUT2D eigenvalue weighted by atomic mass is 9.65. The van der Waals surface area contributed by atoms with Crippen LogP contribution in [0.4, 0.5) is 0 Å². The first-order valence-corrected chi connectivity index (χ1v) is 18.9. The minimum atomic E-state index is -3.90. The second-order valence-corrected chi connectivity index (χ2v) is 16.2. The van der Waals surface area contributed by atoms with Gasteiger partial charge in [-0.2, -0.15) is 5.26 Å². The quantitative estimate of drug-likeness (QED) is 0.126. The third-order valence-electron chi connectivity index (χ3n) is 10.9. The van der Waals surface area contributed by atoms with Gasteiger partial charge in [0.05, 0.1) is 22.1 Å². The molecular weight excluding hydrogens is 622 g/mol. The number of carbonyl (C=O) groups is 3. The van der Waals surface area contributed by atoms with Gasteiger partial charge >= 0.3 is 5.97 Å². The van der Waals surface area contributed by atoms with Crippen LogP contribution in [0, 0.1) is 45.1 Å². The molecule has 0 heterocycles. The molecule has 5 rings (SSSR count). The zero-order valence-electron chi connectivity index (χ0n) is 27.4. The van der Waals surface area contributed by atoms with E-state index in [2.05, 4.69) is 18.3 Å². The average molecular weight is 672 g/mol. The molecule has 0 aromatic heterocycles. The third kappa shape index (κ3) is 8.11. The Morgan fingerprint density at radius 3 is 2.04 bits per heavy atom. The Morgan fingerprint density at radius 1 is 0.979 bits per heavy atom. The molecule has 1 unspecified atom stereocenters. The highest BCUT2D eigenvalue weighted by atomic mass is 32.2. The number of rotatable bonds is 16. The van der Waals surface area contributed by atoms with Gasteiger partial charge in [0.1, 0.15) is 11.3 Å². The third-order valence-corrected chi connectivity index (χ3v) is 13.1. The first kappa shape index (κ1) is 36.7. The fraction of sp³-hybridized carbons (Fsp3) is 0.714. The summed E-state index contributed by atoms with van der Waals surface area (Å²) in [4.78, 5) is 49.2. The Balaban J connectivity index is 0.000000264. The van der Waals surface area contributed by atoms with Crippen molar-refractivity contribution >= 4 is 27.4 Å². The lowest BCUT2D eigenvalue weighted by Gasteiger charge is -2.36. The number of nitrogens with one attached hydrogen (secondary N) is 1. The summed E-state index contributed by atoms with van der Waals surface area (Å²) in [7, 11) is -3.90. The number of hydrogen-bond acceptors (Lipinski definition) is 9. The van der Waals surface area contributed by atoms with E-state index >= 15 is 0 Å². The van der Waals surface area contributed by atoms with Crippen LogP contribution < -0.4 is 5.32 Å². The number of benzene rings is 1. The molecule has 0 aliphatic heterocycles. The Bertz CT molecular complexity index is 1420. The maximum atomic E-state index is 13.6. The molecular formula is C35H49N3O8S. The number of hydrogen-bond donors (Lipinski definition) is 2. The molecule has 6 atom stereocenters. The summed E-state index contributed by atoms with van der Waals surface area (Å²) in [6, 6.07) is 9.94. The SMILES string of the molecule is CCCCCCCCCCNC1(C#N)CC1.O=C1C[C@H]2CC[C@@H](C1)C2(C(=O)[C@@H]1C[C@@H](S(=O)(=O)c2ccccc2)C[C@H]1C(=O)O)[N+](=O)[O-]. The van der Waals surface area contributed by atoms with E-state index in [1.54, 1.807) is 18.2 Å². The highest BCUT2D eigenvalue weighted by Crippen LogP contribution is 2.54. The maximum absolute atomic E-state index is 13.6.